The summed E-state index contributed by atoms with van der Waals surface area (Å²) < 4.78 is 23.8. The van der Waals surface area contributed by atoms with Crippen LogP contribution in [0.15, 0.2) is 48.5 Å². The molecule has 0 bridgehead atoms. The van der Waals surface area contributed by atoms with Crippen LogP contribution in [0, 0.1) is 5.82 Å². The average molecular weight is 332 g/mol. The number of benzene rings is 2. The highest BCUT2D eigenvalue weighted by Crippen LogP contribution is 2.16. The van der Waals surface area contributed by atoms with Crippen molar-refractivity contribution >= 4 is 11.7 Å². The van der Waals surface area contributed by atoms with E-state index in [2.05, 4.69) is 10.6 Å². The molecule has 0 saturated carbocycles. The maximum Gasteiger partial charge on any atom is 0.319 e. The van der Waals surface area contributed by atoms with Crippen molar-refractivity contribution in [2.75, 3.05) is 18.5 Å². The second kappa shape index (κ2) is 8.76. The summed E-state index contributed by atoms with van der Waals surface area (Å²) in [6, 6.07) is 12.6. The molecule has 0 unspecified atom stereocenters. The van der Waals surface area contributed by atoms with Crippen molar-refractivity contribution < 1.29 is 18.7 Å². The number of anilines is 1. The molecule has 0 aromatic heterocycles. The lowest BCUT2D eigenvalue weighted by Gasteiger charge is -2.11. The van der Waals surface area contributed by atoms with Gasteiger partial charge in [-0.3, -0.25) is 0 Å². The number of carbonyl (C=O) groups is 1. The number of halogens is 1. The smallest absolute Gasteiger partial charge is 0.319 e. The van der Waals surface area contributed by atoms with Gasteiger partial charge < -0.3 is 20.1 Å². The quantitative estimate of drug-likeness (QED) is 0.758. The zero-order valence-electron chi connectivity index (χ0n) is 13.7. The minimum absolute atomic E-state index is 0.102. The highest BCUT2D eigenvalue weighted by molar-refractivity contribution is 5.89. The highest BCUT2D eigenvalue weighted by Gasteiger charge is 2.03. The topological polar surface area (TPSA) is 59.6 Å². The van der Waals surface area contributed by atoms with Gasteiger partial charge in [0.15, 0.2) is 0 Å². The predicted octanol–water partition coefficient (Wildman–Crippen LogP) is 3.81. The summed E-state index contributed by atoms with van der Waals surface area (Å²) in [5, 5.41) is 5.37. The van der Waals surface area contributed by atoms with Gasteiger partial charge in [0.05, 0.1) is 12.6 Å². The first-order valence-corrected chi connectivity index (χ1v) is 7.73. The van der Waals surface area contributed by atoms with E-state index in [4.69, 9.17) is 9.47 Å². The van der Waals surface area contributed by atoms with E-state index < -0.39 is 0 Å². The Morgan fingerprint density at radius 1 is 1.12 bits per heavy atom. The maximum atomic E-state index is 13.0. The van der Waals surface area contributed by atoms with Crippen LogP contribution in [0.25, 0.3) is 0 Å². The molecule has 128 valence electrons. The first-order chi connectivity index (χ1) is 11.5. The van der Waals surface area contributed by atoms with Gasteiger partial charge in [-0.1, -0.05) is 6.07 Å². The van der Waals surface area contributed by atoms with E-state index in [1.807, 2.05) is 13.8 Å². The van der Waals surface area contributed by atoms with E-state index in [9.17, 15) is 9.18 Å². The molecule has 0 aliphatic rings. The van der Waals surface area contributed by atoms with E-state index in [1.54, 1.807) is 36.4 Å². The van der Waals surface area contributed by atoms with E-state index in [1.165, 1.54) is 12.1 Å². The minimum atomic E-state index is -0.358. The van der Waals surface area contributed by atoms with Gasteiger partial charge in [-0.25, -0.2) is 9.18 Å². The van der Waals surface area contributed by atoms with Crippen LogP contribution in [0.4, 0.5) is 14.9 Å². The van der Waals surface area contributed by atoms with Crippen molar-refractivity contribution in [3.63, 3.8) is 0 Å². The van der Waals surface area contributed by atoms with Crippen molar-refractivity contribution in [1.82, 2.24) is 5.32 Å². The summed E-state index contributed by atoms with van der Waals surface area (Å²) in [6.07, 6.45) is 0.102. The first kappa shape index (κ1) is 17.6. The summed E-state index contributed by atoms with van der Waals surface area (Å²) in [5.41, 5.74) is 0.662. The van der Waals surface area contributed by atoms with Gasteiger partial charge in [0.2, 0.25) is 0 Å². The fourth-order valence-corrected chi connectivity index (χ4v) is 1.95. The molecule has 2 amide bonds. The van der Waals surface area contributed by atoms with E-state index in [0.29, 0.717) is 18.0 Å². The molecular weight excluding hydrogens is 311 g/mol. The third-order valence-electron chi connectivity index (χ3n) is 2.94. The molecule has 2 rings (SSSR count). The van der Waals surface area contributed by atoms with E-state index >= 15 is 0 Å². The number of carbonyl (C=O) groups excluding carboxylic acids is 1. The van der Waals surface area contributed by atoms with Crippen molar-refractivity contribution in [3.05, 3.63) is 54.3 Å². The summed E-state index contributed by atoms with van der Waals surface area (Å²) in [4.78, 5) is 11.8. The van der Waals surface area contributed by atoms with Crippen molar-refractivity contribution in [2.24, 2.45) is 0 Å². The molecule has 0 aliphatic carbocycles. The molecule has 2 aromatic carbocycles. The number of amides is 2. The Labute approximate surface area is 140 Å². The Bertz CT molecular complexity index is 660. The summed E-state index contributed by atoms with van der Waals surface area (Å²) in [7, 11) is 0. The molecule has 0 atom stereocenters. The molecule has 5 nitrogen and oxygen atoms in total. The van der Waals surface area contributed by atoms with Crippen LogP contribution in [0.5, 0.6) is 11.5 Å². The molecule has 2 N–H and O–H groups in total. The van der Waals surface area contributed by atoms with Gasteiger partial charge >= 0.3 is 6.03 Å². The zero-order valence-corrected chi connectivity index (χ0v) is 13.7. The molecule has 0 radical (unpaired) electrons. The molecule has 0 saturated heterocycles. The van der Waals surface area contributed by atoms with Crippen LogP contribution in [-0.2, 0) is 0 Å². The number of hydrogen-bond acceptors (Lipinski definition) is 3. The zero-order chi connectivity index (χ0) is 17.4. The molecule has 0 fully saturated rings. The lowest BCUT2D eigenvalue weighted by atomic mass is 10.3. The molecule has 0 aliphatic heterocycles. The Hall–Kier alpha value is -2.76. The normalized spacial score (nSPS) is 10.3. The lowest BCUT2D eigenvalue weighted by Crippen LogP contribution is -2.32. The molecule has 6 heteroatoms. The number of nitrogens with one attached hydrogen (secondary N) is 2. The molecule has 0 heterocycles. The summed E-state index contributed by atoms with van der Waals surface area (Å²) in [6.45, 7) is 4.45. The number of urea groups is 1. The molecule has 0 spiro atoms. The van der Waals surface area contributed by atoms with Crippen LogP contribution in [0.2, 0.25) is 0 Å². The van der Waals surface area contributed by atoms with Gasteiger partial charge in [0, 0.05) is 11.8 Å². The van der Waals surface area contributed by atoms with Crippen LogP contribution in [-0.4, -0.2) is 25.3 Å². The first-order valence-electron chi connectivity index (χ1n) is 7.73. The Kier molecular flexibility index (Phi) is 6.42. The van der Waals surface area contributed by atoms with E-state index in [0.717, 1.165) is 5.75 Å². The molecule has 2 aromatic rings. The maximum absolute atomic E-state index is 13.0. The third-order valence-corrected chi connectivity index (χ3v) is 2.94. The third kappa shape index (κ3) is 6.16. The Balaban J connectivity index is 1.69. The van der Waals surface area contributed by atoms with Gasteiger partial charge in [0.25, 0.3) is 0 Å². The van der Waals surface area contributed by atoms with Crippen molar-refractivity contribution in [1.29, 1.82) is 0 Å². The standard InChI is InChI=1S/C18H21FN2O3/c1-13(2)24-16-8-6-15(7-9-16)21-18(22)20-10-11-23-17-5-3-4-14(19)12-17/h3-9,12-13H,10-11H2,1-2H3,(H2,20,21,22). The lowest BCUT2D eigenvalue weighted by molar-refractivity contribution is 0.242. The van der Waals surface area contributed by atoms with Gasteiger partial charge in [-0.05, 0) is 50.2 Å². The van der Waals surface area contributed by atoms with Gasteiger partial charge in [0.1, 0.15) is 23.9 Å². The van der Waals surface area contributed by atoms with Crippen LogP contribution < -0.4 is 20.1 Å². The number of hydrogen-bond donors (Lipinski definition) is 2. The second-order valence-electron chi connectivity index (χ2n) is 5.38. The summed E-state index contributed by atoms with van der Waals surface area (Å²) in [5.74, 6) is 0.820. The van der Waals surface area contributed by atoms with Crippen LogP contribution in [0.1, 0.15) is 13.8 Å². The SMILES string of the molecule is CC(C)Oc1ccc(NC(=O)NCCOc2cccc(F)c2)cc1. The van der Waals surface area contributed by atoms with Crippen LogP contribution >= 0.6 is 0 Å². The summed E-state index contributed by atoms with van der Waals surface area (Å²) >= 11 is 0. The Morgan fingerprint density at radius 2 is 1.88 bits per heavy atom. The monoisotopic (exact) mass is 332 g/mol. The minimum Gasteiger partial charge on any atom is -0.492 e. The predicted molar refractivity (Wildman–Crippen MR) is 91.1 cm³/mol. The molecule has 24 heavy (non-hydrogen) atoms. The fourth-order valence-electron chi connectivity index (χ4n) is 1.95. The number of rotatable bonds is 7. The Morgan fingerprint density at radius 3 is 2.54 bits per heavy atom. The second-order valence-corrected chi connectivity index (χ2v) is 5.38. The highest BCUT2D eigenvalue weighted by atomic mass is 19.1. The van der Waals surface area contributed by atoms with Crippen molar-refractivity contribution in [3.8, 4) is 11.5 Å². The molecular formula is C18H21FN2O3. The van der Waals surface area contributed by atoms with Crippen LogP contribution in [0.3, 0.4) is 0 Å². The largest absolute Gasteiger partial charge is 0.492 e. The van der Waals surface area contributed by atoms with E-state index in [-0.39, 0.29) is 24.6 Å². The van der Waals surface area contributed by atoms with Gasteiger partial charge in [-0.15, -0.1) is 0 Å². The van der Waals surface area contributed by atoms with Gasteiger partial charge in [-0.2, -0.15) is 0 Å². The fraction of sp³-hybridized carbons (Fsp3) is 0.278. The number of ether oxygens (including phenoxy) is 2. The van der Waals surface area contributed by atoms with Crippen molar-refractivity contribution in [2.45, 2.75) is 20.0 Å². The average Bonchev–Trinajstić information content (AvgIpc) is 2.53.